The van der Waals surface area contributed by atoms with Gasteiger partial charge in [0.1, 0.15) is 10.7 Å². The van der Waals surface area contributed by atoms with E-state index in [9.17, 15) is 8.42 Å². The summed E-state index contributed by atoms with van der Waals surface area (Å²) in [4.78, 5) is 4.44. The van der Waals surface area contributed by atoms with Crippen LogP contribution in [-0.2, 0) is 10.0 Å². The van der Waals surface area contributed by atoms with Crippen molar-refractivity contribution in [3.8, 4) is 0 Å². The summed E-state index contributed by atoms with van der Waals surface area (Å²) in [6.45, 7) is 0.632. The van der Waals surface area contributed by atoms with Gasteiger partial charge < -0.3 is 5.32 Å². The fraction of sp³-hybridized carbons (Fsp3) is 0.643. The predicted molar refractivity (Wildman–Crippen MR) is 85.7 cm³/mol. The van der Waals surface area contributed by atoms with E-state index in [0.29, 0.717) is 22.8 Å². The van der Waals surface area contributed by atoms with E-state index in [0.717, 1.165) is 25.7 Å². The van der Waals surface area contributed by atoms with Crippen molar-refractivity contribution in [3.05, 3.63) is 16.7 Å². The number of rotatable bonds is 3. The average Bonchev–Trinajstić information content (AvgIpc) is 2.92. The third-order valence-corrected chi connectivity index (χ3v) is 6.97. The van der Waals surface area contributed by atoms with Crippen LogP contribution in [0.25, 0.3) is 0 Å². The zero-order valence-electron chi connectivity index (χ0n) is 12.0. The van der Waals surface area contributed by atoms with Crippen molar-refractivity contribution in [2.45, 2.75) is 43.0 Å². The van der Waals surface area contributed by atoms with E-state index in [4.69, 9.17) is 0 Å². The Kier molecular flexibility index (Phi) is 4.25. The lowest BCUT2D eigenvalue weighted by Gasteiger charge is -2.31. The minimum absolute atomic E-state index is 0.174. The van der Waals surface area contributed by atoms with Gasteiger partial charge in [-0.15, -0.1) is 0 Å². The maximum atomic E-state index is 13.0. The van der Waals surface area contributed by atoms with Crippen molar-refractivity contribution in [3.63, 3.8) is 0 Å². The summed E-state index contributed by atoms with van der Waals surface area (Å²) >= 11 is 3.32. The van der Waals surface area contributed by atoms with Crippen LogP contribution in [0.1, 0.15) is 32.1 Å². The summed E-state index contributed by atoms with van der Waals surface area (Å²) < 4.78 is 28.5. The van der Waals surface area contributed by atoms with Crippen LogP contribution in [0.5, 0.6) is 0 Å². The Balaban J connectivity index is 1.99. The summed E-state index contributed by atoms with van der Waals surface area (Å²) in [7, 11) is -1.80. The van der Waals surface area contributed by atoms with Gasteiger partial charge in [0.05, 0.1) is 0 Å². The van der Waals surface area contributed by atoms with Gasteiger partial charge in [0.2, 0.25) is 10.0 Å². The molecular formula is C14H20BrN3O2S. The normalized spacial score (nSPS) is 26.6. The van der Waals surface area contributed by atoms with E-state index in [1.165, 1.54) is 6.42 Å². The summed E-state index contributed by atoms with van der Waals surface area (Å²) in [5.41, 5.74) is 0. The molecule has 1 saturated heterocycles. The molecule has 5 nitrogen and oxygen atoms in total. The zero-order chi connectivity index (χ0) is 15.0. The number of nitrogens with one attached hydrogen (secondary N) is 1. The molecule has 0 amide bonds. The minimum atomic E-state index is -3.50. The Morgan fingerprint density at radius 3 is 2.86 bits per heavy atom. The number of anilines is 1. The maximum Gasteiger partial charge on any atom is 0.247 e. The van der Waals surface area contributed by atoms with E-state index < -0.39 is 10.0 Å². The molecule has 7 heteroatoms. The highest BCUT2D eigenvalue weighted by Crippen LogP contribution is 2.40. The molecule has 21 heavy (non-hydrogen) atoms. The second-order valence-electron chi connectivity index (χ2n) is 5.77. The van der Waals surface area contributed by atoms with Crippen LogP contribution in [0.3, 0.4) is 0 Å². The molecule has 2 heterocycles. The summed E-state index contributed by atoms with van der Waals surface area (Å²) in [6, 6.07) is 1.82. The molecule has 1 N–H and O–H groups in total. The van der Waals surface area contributed by atoms with Crippen molar-refractivity contribution in [2.24, 2.45) is 5.92 Å². The number of sulfonamides is 1. The van der Waals surface area contributed by atoms with E-state index in [1.807, 2.05) is 0 Å². The molecule has 116 valence electrons. The molecule has 0 radical (unpaired) electrons. The van der Waals surface area contributed by atoms with Crippen molar-refractivity contribution in [1.82, 2.24) is 9.29 Å². The van der Waals surface area contributed by atoms with Crippen LogP contribution in [0.15, 0.2) is 21.6 Å². The minimum Gasteiger partial charge on any atom is -0.372 e. The van der Waals surface area contributed by atoms with Crippen LogP contribution >= 0.6 is 15.9 Å². The summed E-state index contributed by atoms with van der Waals surface area (Å²) in [5, 5.41) is 2.89. The Morgan fingerprint density at radius 2 is 2.10 bits per heavy atom. The van der Waals surface area contributed by atoms with Gasteiger partial charge in [0.15, 0.2) is 0 Å². The molecule has 2 aliphatic rings. The number of halogens is 1. The average molecular weight is 374 g/mol. The Labute approximate surface area is 134 Å². The highest BCUT2D eigenvalue weighted by atomic mass is 79.9. The van der Waals surface area contributed by atoms with Crippen LogP contribution < -0.4 is 5.32 Å². The molecule has 0 aromatic carbocycles. The van der Waals surface area contributed by atoms with E-state index in [1.54, 1.807) is 23.6 Å². The second kappa shape index (κ2) is 5.85. The highest BCUT2D eigenvalue weighted by molar-refractivity contribution is 9.10. The first kappa shape index (κ1) is 15.2. The van der Waals surface area contributed by atoms with Crippen molar-refractivity contribution in [1.29, 1.82) is 0 Å². The Hall–Kier alpha value is -0.660. The fourth-order valence-corrected chi connectivity index (χ4v) is 5.98. The number of hydrogen-bond donors (Lipinski definition) is 1. The molecule has 0 bridgehead atoms. The van der Waals surface area contributed by atoms with Crippen molar-refractivity contribution >= 4 is 31.8 Å². The van der Waals surface area contributed by atoms with E-state index in [2.05, 4.69) is 26.2 Å². The summed E-state index contributed by atoms with van der Waals surface area (Å²) in [5.74, 6) is 0.948. The lowest BCUT2D eigenvalue weighted by molar-refractivity contribution is 0.260. The van der Waals surface area contributed by atoms with Crippen molar-refractivity contribution < 1.29 is 8.42 Å². The van der Waals surface area contributed by atoms with Gasteiger partial charge in [0.25, 0.3) is 0 Å². The monoisotopic (exact) mass is 373 g/mol. The van der Waals surface area contributed by atoms with Crippen LogP contribution in [0.2, 0.25) is 0 Å². The third kappa shape index (κ3) is 2.71. The topological polar surface area (TPSA) is 62.3 Å². The van der Waals surface area contributed by atoms with Gasteiger partial charge in [-0.3, -0.25) is 0 Å². The number of hydrogen-bond acceptors (Lipinski definition) is 4. The lowest BCUT2D eigenvalue weighted by atomic mass is 9.86. The largest absolute Gasteiger partial charge is 0.372 e. The molecular weight excluding hydrogens is 354 g/mol. The number of fused-ring (bicyclic) bond motifs is 1. The number of nitrogens with zero attached hydrogens (tertiary/aromatic N) is 2. The van der Waals surface area contributed by atoms with E-state index >= 15 is 0 Å². The number of aromatic nitrogens is 1. The molecule has 0 spiro atoms. The molecule has 1 aromatic heterocycles. The van der Waals surface area contributed by atoms with Gasteiger partial charge in [0, 0.05) is 30.3 Å². The summed E-state index contributed by atoms with van der Waals surface area (Å²) in [6.07, 6.45) is 7.10. The maximum absolute atomic E-state index is 13.0. The van der Waals surface area contributed by atoms with Gasteiger partial charge in [-0.2, -0.15) is 4.31 Å². The van der Waals surface area contributed by atoms with Crippen LogP contribution in [0.4, 0.5) is 5.82 Å². The molecule has 1 aromatic rings. The Bertz CT molecular complexity index is 635. The Morgan fingerprint density at radius 1 is 1.33 bits per heavy atom. The third-order valence-electron chi connectivity index (χ3n) is 4.60. The molecule has 1 aliphatic heterocycles. The highest BCUT2D eigenvalue weighted by Gasteiger charge is 2.43. The SMILES string of the molecule is CNc1ncc(Br)cc1S(=O)(=O)N1CCC2CCCCC21. The fourth-order valence-electron chi connectivity index (χ4n) is 3.59. The zero-order valence-corrected chi connectivity index (χ0v) is 14.5. The first-order chi connectivity index (χ1) is 10.0. The molecule has 1 aliphatic carbocycles. The molecule has 2 unspecified atom stereocenters. The van der Waals surface area contributed by atoms with Gasteiger partial charge in [-0.25, -0.2) is 13.4 Å². The van der Waals surface area contributed by atoms with Crippen LogP contribution in [0, 0.1) is 5.92 Å². The van der Waals surface area contributed by atoms with Crippen LogP contribution in [-0.4, -0.2) is 37.3 Å². The first-order valence-corrected chi connectivity index (χ1v) is 9.62. The second-order valence-corrected chi connectivity index (χ2v) is 8.54. The van der Waals surface area contributed by atoms with Crippen molar-refractivity contribution in [2.75, 3.05) is 18.9 Å². The molecule has 2 atom stereocenters. The molecule has 1 saturated carbocycles. The molecule has 3 rings (SSSR count). The smallest absolute Gasteiger partial charge is 0.247 e. The van der Waals surface area contributed by atoms with Gasteiger partial charge in [-0.05, 0) is 47.2 Å². The quantitative estimate of drug-likeness (QED) is 0.884. The number of pyridine rings is 1. The van der Waals surface area contributed by atoms with Gasteiger partial charge in [-0.1, -0.05) is 12.8 Å². The van der Waals surface area contributed by atoms with E-state index in [-0.39, 0.29) is 10.9 Å². The predicted octanol–water partition coefficient (Wildman–Crippen LogP) is 2.84. The van der Waals surface area contributed by atoms with Gasteiger partial charge >= 0.3 is 0 Å². The standard InChI is InChI=1S/C14H20BrN3O2S/c1-16-14-13(8-11(15)9-17-14)21(19,20)18-7-6-10-4-2-3-5-12(10)18/h8-10,12H,2-7H2,1H3,(H,16,17). The molecule has 2 fully saturated rings. The first-order valence-electron chi connectivity index (χ1n) is 7.39. The lowest BCUT2D eigenvalue weighted by Crippen LogP contribution is -2.39.